The Morgan fingerprint density at radius 2 is 1.69 bits per heavy atom. The minimum atomic E-state index is -3.54. The number of hydrogen-bond donors (Lipinski definition) is 0. The molecule has 2 aliphatic heterocycles. The maximum absolute atomic E-state index is 13.0. The Morgan fingerprint density at radius 3 is 2.38 bits per heavy atom. The van der Waals surface area contributed by atoms with Gasteiger partial charge in [0.2, 0.25) is 15.9 Å². The van der Waals surface area contributed by atoms with E-state index in [0.29, 0.717) is 26.1 Å². The minimum absolute atomic E-state index is 0.101. The average molecular weight is 370 g/mol. The zero-order valence-electron chi connectivity index (χ0n) is 14.8. The number of benzene rings is 2. The van der Waals surface area contributed by atoms with Crippen molar-refractivity contribution in [3.63, 3.8) is 0 Å². The molecule has 4 rings (SSSR count). The molecule has 2 aromatic rings. The SMILES string of the molecule is Cc1ccc2c(c1)CN(S(=O)(=O)c1ccc(N3CCCC3=O)cc1)CC2. The van der Waals surface area contributed by atoms with E-state index >= 15 is 0 Å². The van der Waals surface area contributed by atoms with Gasteiger partial charge >= 0.3 is 0 Å². The largest absolute Gasteiger partial charge is 0.312 e. The van der Waals surface area contributed by atoms with Gasteiger partial charge in [-0.2, -0.15) is 4.31 Å². The molecule has 6 heteroatoms. The van der Waals surface area contributed by atoms with Crippen molar-refractivity contribution in [3.05, 3.63) is 59.2 Å². The fraction of sp³-hybridized carbons (Fsp3) is 0.350. The number of nitrogens with zero attached hydrogens (tertiary/aromatic N) is 2. The molecule has 0 spiro atoms. The number of carbonyl (C=O) groups is 1. The zero-order valence-corrected chi connectivity index (χ0v) is 15.6. The summed E-state index contributed by atoms with van der Waals surface area (Å²) in [7, 11) is -3.54. The van der Waals surface area contributed by atoms with E-state index in [2.05, 4.69) is 18.2 Å². The third kappa shape index (κ3) is 3.04. The van der Waals surface area contributed by atoms with Crippen LogP contribution in [0.4, 0.5) is 5.69 Å². The highest BCUT2D eigenvalue weighted by molar-refractivity contribution is 7.89. The van der Waals surface area contributed by atoms with Crippen molar-refractivity contribution < 1.29 is 13.2 Å². The zero-order chi connectivity index (χ0) is 18.3. The van der Waals surface area contributed by atoms with E-state index in [9.17, 15) is 13.2 Å². The van der Waals surface area contributed by atoms with Crippen molar-refractivity contribution >= 4 is 21.6 Å². The van der Waals surface area contributed by atoms with Gasteiger partial charge in [0, 0.05) is 31.7 Å². The normalized spacial score (nSPS) is 18.2. The molecule has 0 aromatic heterocycles. The summed E-state index contributed by atoms with van der Waals surface area (Å²) in [5, 5.41) is 0. The van der Waals surface area contributed by atoms with Crippen LogP contribution in [0.1, 0.15) is 29.5 Å². The molecule has 26 heavy (non-hydrogen) atoms. The first-order valence-corrected chi connectivity index (χ1v) is 10.4. The van der Waals surface area contributed by atoms with Crippen LogP contribution in [0.15, 0.2) is 47.4 Å². The van der Waals surface area contributed by atoms with Gasteiger partial charge in [0.1, 0.15) is 0 Å². The minimum Gasteiger partial charge on any atom is -0.312 e. The maximum atomic E-state index is 13.0. The van der Waals surface area contributed by atoms with Crippen LogP contribution < -0.4 is 4.90 Å². The van der Waals surface area contributed by atoms with Crippen molar-refractivity contribution in [2.24, 2.45) is 0 Å². The topological polar surface area (TPSA) is 57.7 Å². The first-order chi connectivity index (χ1) is 12.4. The molecule has 0 N–H and O–H groups in total. The van der Waals surface area contributed by atoms with Gasteiger partial charge in [-0.3, -0.25) is 4.79 Å². The van der Waals surface area contributed by atoms with Crippen molar-refractivity contribution in [2.75, 3.05) is 18.0 Å². The predicted octanol–water partition coefficient (Wildman–Crippen LogP) is 2.87. The van der Waals surface area contributed by atoms with Gasteiger partial charge in [-0.25, -0.2) is 8.42 Å². The number of fused-ring (bicyclic) bond motifs is 1. The van der Waals surface area contributed by atoms with Crippen LogP contribution in [-0.2, 0) is 27.8 Å². The first kappa shape index (κ1) is 17.2. The number of rotatable bonds is 3. The molecule has 0 atom stereocenters. The Balaban J connectivity index is 1.58. The fourth-order valence-electron chi connectivity index (χ4n) is 3.73. The lowest BCUT2D eigenvalue weighted by Gasteiger charge is -2.28. The highest BCUT2D eigenvalue weighted by Gasteiger charge is 2.29. The molecule has 2 heterocycles. The van der Waals surface area contributed by atoms with Gasteiger partial charge in [-0.15, -0.1) is 0 Å². The third-order valence-corrected chi connectivity index (χ3v) is 7.06. The molecule has 0 saturated carbocycles. The Morgan fingerprint density at radius 1 is 0.923 bits per heavy atom. The third-order valence-electron chi connectivity index (χ3n) is 5.20. The number of hydrogen-bond acceptors (Lipinski definition) is 3. The second kappa shape index (κ2) is 6.52. The predicted molar refractivity (Wildman–Crippen MR) is 101 cm³/mol. The number of sulfonamides is 1. The second-order valence-corrected chi connectivity index (χ2v) is 8.94. The Bertz CT molecular complexity index is 952. The molecule has 5 nitrogen and oxygen atoms in total. The Hall–Kier alpha value is -2.18. The highest BCUT2D eigenvalue weighted by Crippen LogP contribution is 2.28. The van der Waals surface area contributed by atoms with Crippen LogP contribution in [-0.4, -0.2) is 31.7 Å². The lowest BCUT2D eigenvalue weighted by atomic mass is 9.99. The smallest absolute Gasteiger partial charge is 0.243 e. The molecular formula is C20H22N2O3S. The number of anilines is 1. The molecule has 2 aliphatic rings. The van der Waals surface area contributed by atoms with Gasteiger partial charge in [-0.05, 0) is 55.2 Å². The molecule has 1 saturated heterocycles. The molecule has 0 bridgehead atoms. The Kier molecular flexibility index (Phi) is 4.32. The summed E-state index contributed by atoms with van der Waals surface area (Å²) in [6.45, 7) is 3.62. The summed E-state index contributed by atoms with van der Waals surface area (Å²) in [6, 6.07) is 12.9. The summed E-state index contributed by atoms with van der Waals surface area (Å²) in [4.78, 5) is 13.8. The standard InChI is InChI=1S/C20H22N2O3S/c1-15-4-5-16-10-12-21(14-17(16)13-15)26(24,25)19-8-6-18(7-9-19)22-11-2-3-20(22)23/h4-9,13H,2-3,10-12,14H2,1H3. The molecule has 136 valence electrons. The van der Waals surface area contributed by atoms with Gasteiger partial charge < -0.3 is 4.90 Å². The molecule has 0 unspecified atom stereocenters. The van der Waals surface area contributed by atoms with Crippen molar-refractivity contribution in [3.8, 4) is 0 Å². The van der Waals surface area contributed by atoms with Crippen LogP contribution in [0.5, 0.6) is 0 Å². The lowest BCUT2D eigenvalue weighted by Crippen LogP contribution is -2.36. The van der Waals surface area contributed by atoms with Crippen LogP contribution in [0.25, 0.3) is 0 Å². The summed E-state index contributed by atoms with van der Waals surface area (Å²) < 4.78 is 27.6. The average Bonchev–Trinajstić information content (AvgIpc) is 3.07. The van der Waals surface area contributed by atoms with Gasteiger partial charge in [-0.1, -0.05) is 23.8 Å². The van der Waals surface area contributed by atoms with Crippen LogP contribution >= 0.6 is 0 Å². The lowest BCUT2D eigenvalue weighted by molar-refractivity contribution is -0.117. The van der Waals surface area contributed by atoms with E-state index in [4.69, 9.17) is 0 Å². The fourth-order valence-corrected chi connectivity index (χ4v) is 5.15. The van der Waals surface area contributed by atoms with Crippen LogP contribution in [0, 0.1) is 6.92 Å². The first-order valence-electron chi connectivity index (χ1n) is 8.94. The number of amides is 1. The van der Waals surface area contributed by atoms with Crippen molar-refractivity contribution in [2.45, 2.75) is 37.6 Å². The highest BCUT2D eigenvalue weighted by atomic mass is 32.2. The molecule has 1 amide bonds. The van der Waals surface area contributed by atoms with Crippen molar-refractivity contribution in [1.82, 2.24) is 4.31 Å². The van der Waals surface area contributed by atoms with Gasteiger partial charge in [0.15, 0.2) is 0 Å². The van der Waals surface area contributed by atoms with Gasteiger partial charge in [0.05, 0.1) is 4.90 Å². The maximum Gasteiger partial charge on any atom is 0.243 e. The molecule has 2 aromatic carbocycles. The van der Waals surface area contributed by atoms with E-state index in [-0.39, 0.29) is 10.8 Å². The summed E-state index contributed by atoms with van der Waals surface area (Å²) >= 11 is 0. The van der Waals surface area contributed by atoms with Gasteiger partial charge in [0.25, 0.3) is 0 Å². The number of carbonyl (C=O) groups excluding carboxylic acids is 1. The van der Waals surface area contributed by atoms with Crippen LogP contribution in [0.3, 0.4) is 0 Å². The van der Waals surface area contributed by atoms with E-state index in [0.717, 1.165) is 29.7 Å². The summed E-state index contributed by atoms with van der Waals surface area (Å²) in [6.07, 6.45) is 2.15. The van der Waals surface area contributed by atoms with Crippen LogP contribution in [0.2, 0.25) is 0 Å². The number of aryl methyl sites for hydroxylation is 1. The van der Waals surface area contributed by atoms with E-state index < -0.39 is 10.0 Å². The molecule has 1 fully saturated rings. The Labute approximate surface area is 154 Å². The summed E-state index contributed by atoms with van der Waals surface area (Å²) in [5.74, 6) is 0.101. The monoisotopic (exact) mass is 370 g/mol. The van der Waals surface area contributed by atoms with E-state index in [1.807, 2.05) is 6.92 Å². The van der Waals surface area contributed by atoms with E-state index in [1.54, 1.807) is 33.5 Å². The van der Waals surface area contributed by atoms with Crippen molar-refractivity contribution in [1.29, 1.82) is 0 Å². The molecular weight excluding hydrogens is 348 g/mol. The molecule has 0 radical (unpaired) electrons. The summed E-state index contributed by atoms with van der Waals surface area (Å²) in [5.41, 5.74) is 4.22. The molecule has 0 aliphatic carbocycles. The quantitative estimate of drug-likeness (QED) is 0.835. The van der Waals surface area contributed by atoms with E-state index in [1.165, 1.54) is 5.56 Å². The second-order valence-electron chi connectivity index (χ2n) is 7.00.